The molecule has 0 atom stereocenters. The first-order chi connectivity index (χ1) is 29.2. The molecular formula is C55H40N4. The lowest BCUT2D eigenvalue weighted by molar-refractivity contribution is 0.793. The zero-order valence-corrected chi connectivity index (χ0v) is 32.5. The monoisotopic (exact) mass is 756 g/mol. The summed E-state index contributed by atoms with van der Waals surface area (Å²) in [5, 5.41) is 6.03. The summed E-state index contributed by atoms with van der Waals surface area (Å²) in [5.74, 6) is 0. The molecule has 8 aromatic carbocycles. The van der Waals surface area contributed by atoms with E-state index in [1.807, 2.05) is 42.5 Å². The fraction of sp³-hybridized carbons (Fsp3) is 0.0182. The van der Waals surface area contributed by atoms with E-state index in [2.05, 4.69) is 192 Å². The molecule has 0 amide bonds. The van der Waals surface area contributed by atoms with Crippen LogP contribution in [0.4, 0.5) is 5.69 Å². The van der Waals surface area contributed by atoms with Crippen molar-refractivity contribution >= 4 is 51.7 Å². The van der Waals surface area contributed by atoms with Crippen molar-refractivity contribution in [1.29, 1.82) is 0 Å². The first-order valence-corrected chi connectivity index (χ1v) is 19.9. The molecule has 1 aliphatic heterocycles. The number of anilines is 1. The van der Waals surface area contributed by atoms with Gasteiger partial charge < -0.3 is 9.88 Å². The molecule has 4 heteroatoms. The molecule has 0 spiro atoms. The standard InChI is InChI=1S/C55H40N4/c1-56-51(39-18-4-2-5-19-39)36-52(40-20-6-3-7-21-40)58-37-59-53-29-15-13-26-48(53)55-43(27-16-30-54(55)59)41-31-32-46-45-24-11-10-23-44(45)42-22-9-8-17-38(42)33-34-57-50-28-14-12-25-47(50)49(46)35-41/h2-36,57H,1,37H2/b34-33+,51-36-,58-52+. The number of benzene rings is 8. The van der Waals surface area contributed by atoms with E-state index >= 15 is 0 Å². The number of nitrogens with one attached hydrogen (secondary N) is 1. The average Bonchev–Trinajstić information content (AvgIpc) is 3.62. The molecule has 0 fully saturated rings. The molecule has 0 bridgehead atoms. The van der Waals surface area contributed by atoms with E-state index in [4.69, 9.17) is 4.99 Å². The van der Waals surface area contributed by atoms with Crippen molar-refractivity contribution in [2.75, 3.05) is 5.32 Å². The van der Waals surface area contributed by atoms with E-state index < -0.39 is 0 Å². The predicted molar refractivity (Wildman–Crippen MR) is 251 cm³/mol. The Balaban J connectivity index is 1.16. The Bertz CT molecular complexity index is 3110. The van der Waals surface area contributed by atoms with Crippen molar-refractivity contribution in [3.8, 4) is 44.5 Å². The summed E-state index contributed by atoms with van der Waals surface area (Å²) in [5.41, 5.74) is 17.5. The van der Waals surface area contributed by atoms with Crippen LogP contribution in [0.25, 0.3) is 78.1 Å². The lowest BCUT2D eigenvalue weighted by atomic mass is 9.86. The van der Waals surface area contributed by atoms with Gasteiger partial charge >= 0.3 is 0 Å². The van der Waals surface area contributed by atoms with Crippen LogP contribution in [0.1, 0.15) is 16.7 Å². The summed E-state index contributed by atoms with van der Waals surface area (Å²) < 4.78 is 2.33. The van der Waals surface area contributed by atoms with Crippen molar-refractivity contribution in [2.45, 2.75) is 6.67 Å². The van der Waals surface area contributed by atoms with Crippen LogP contribution in [0.3, 0.4) is 0 Å². The van der Waals surface area contributed by atoms with Crippen molar-refractivity contribution in [2.24, 2.45) is 9.98 Å². The van der Waals surface area contributed by atoms with Crippen LogP contribution in [0, 0.1) is 0 Å². The normalized spacial score (nSPS) is 13.0. The fourth-order valence-electron chi connectivity index (χ4n) is 8.50. The summed E-state index contributed by atoms with van der Waals surface area (Å²) in [7, 11) is 0. The van der Waals surface area contributed by atoms with Gasteiger partial charge in [-0.1, -0.05) is 170 Å². The van der Waals surface area contributed by atoms with Gasteiger partial charge in [0, 0.05) is 33.8 Å². The highest BCUT2D eigenvalue weighted by Gasteiger charge is 2.20. The zero-order valence-electron chi connectivity index (χ0n) is 32.5. The second-order valence-electron chi connectivity index (χ2n) is 14.7. The molecule has 0 saturated heterocycles. The number of aromatic nitrogens is 1. The molecule has 1 N–H and O–H groups in total. The smallest absolute Gasteiger partial charge is 0.115 e. The number of aliphatic imine (C=N–C) groups is 2. The summed E-state index contributed by atoms with van der Waals surface area (Å²) >= 11 is 0. The van der Waals surface area contributed by atoms with Gasteiger partial charge in [-0.3, -0.25) is 9.98 Å². The van der Waals surface area contributed by atoms with Crippen LogP contribution < -0.4 is 5.32 Å². The molecular weight excluding hydrogens is 717 g/mol. The maximum Gasteiger partial charge on any atom is 0.115 e. The van der Waals surface area contributed by atoms with Gasteiger partial charge in [-0.05, 0) is 93.2 Å². The van der Waals surface area contributed by atoms with Crippen molar-refractivity contribution in [3.05, 3.63) is 223 Å². The second kappa shape index (κ2) is 15.6. The van der Waals surface area contributed by atoms with Gasteiger partial charge in [-0.2, -0.15) is 0 Å². The van der Waals surface area contributed by atoms with Gasteiger partial charge in [0.15, 0.2) is 0 Å². The van der Waals surface area contributed by atoms with E-state index in [-0.39, 0.29) is 0 Å². The van der Waals surface area contributed by atoms with Crippen LogP contribution in [-0.4, -0.2) is 17.0 Å². The molecule has 1 aliphatic rings. The molecule has 10 rings (SSSR count). The third-order valence-corrected chi connectivity index (χ3v) is 11.3. The number of para-hydroxylation sites is 2. The lowest BCUT2D eigenvalue weighted by Gasteiger charge is -2.18. The van der Waals surface area contributed by atoms with Gasteiger partial charge in [-0.25, -0.2) is 0 Å². The third-order valence-electron chi connectivity index (χ3n) is 11.3. The van der Waals surface area contributed by atoms with E-state index in [0.717, 1.165) is 50.4 Å². The topological polar surface area (TPSA) is 41.7 Å². The molecule has 9 aromatic rings. The van der Waals surface area contributed by atoms with Crippen molar-refractivity contribution < 1.29 is 0 Å². The summed E-state index contributed by atoms with van der Waals surface area (Å²) in [6, 6.07) is 68.8. The number of hydrogen-bond donors (Lipinski definition) is 1. The Hall–Kier alpha value is -7.82. The number of fused-ring (bicyclic) bond motifs is 10. The summed E-state index contributed by atoms with van der Waals surface area (Å²) in [4.78, 5) is 9.74. The van der Waals surface area contributed by atoms with Crippen LogP contribution in [0.5, 0.6) is 0 Å². The molecule has 280 valence electrons. The van der Waals surface area contributed by atoms with Crippen LogP contribution in [-0.2, 0) is 6.67 Å². The highest BCUT2D eigenvalue weighted by Crippen LogP contribution is 2.45. The Morgan fingerprint density at radius 3 is 1.93 bits per heavy atom. The van der Waals surface area contributed by atoms with Crippen LogP contribution >= 0.6 is 0 Å². The molecule has 0 saturated carbocycles. The van der Waals surface area contributed by atoms with Crippen molar-refractivity contribution in [3.63, 3.8) is 0 Å². The van der Waals surface area contributed by atoms with Gasteiger partial charge in [0.05, 0.1) is 22.4 Å². The Morgan fingerprint density at radius 2 is 1.14 bits per heavy atom. The fourth-order valence-corrected chi connectivity index (χ4v) is 8.50. The zero-order chi connectivity index (χ0) is 39.5. The van der Waals surface area contributed by atoms with E-state index in [1.54, 1.807) is 0 Å². The maximum absolute atomic E-state index is 5.32. The van der Waals surface area contributed by atoms with Gasteiger partial charge in [0.1, 0.15) is 6.67 Å². The number of rotatable bonds is 7. The van der Waals surface area contributed by atoms with Crippen LogP contribution in [0.2, 0.25) is 0 Å². The SMILES string of the molecule is C=N/C(=C\C(=N/Cn1c2ccccc2c2c(-c3ccc4c(c3)-c3ccccc3N/C=C/c3ccccc3-c3ccccc3-4)cccc21)c1ccccc1)c1ccccc1. The lowest BCUT2D eigenvalue weighted by Crippen LogP contribution is -2.03. The summed E-state index contributed by atoms with van der Waals surface area (Å²) in [6.07, 6.45) is 6.27. The van der Waals surface area contributed by atoms with Crippen LogP contribution in [0.15, 0.2) is 216 Å². The first kappa shape index (κ1) is 35.6. The van der Waals surface area contributed by atoms with Gasteiger partial charge in [0.2, 0.25) is 0 Å². The number of nitrogens with zero attached hydrogens (tertiary/aromatic N) is 3. The Morgan fingerprint density at radius 1 is 0.525 bits per heavy atom. The summed E-state index contributed by atoms with van der Waals surface area (Å²) in [6.45, 7) is 4.33. The predicted octanol–water partition coefficient (Wildman–Crippen LogP) is 14.0. The highest BCUT2D eigenvalue weighted by molar-refractivity contribution is 6.16. The average molecular weight is 757 g/mol. The minimum atomic E-state index is 0.419. The minimum Gasteiger partial charge on any atom is -0.361 e. The maximum atomic E-state index is 5.32. The van der Waals surface area contributed by atoms with Gasteiger partial charge in [0.25, 0.3) is 0 Å². The molecule has 0 aliphatic carbocycles. The third kappa shape index (κ3) is 6.67. The van der Waals surface area contributed by atoms with E-state index in [1.165, 1.54) is 49.7 Å². The molecule has 59 heavy (non-hydrogen) atoms. The molecule has 4 nitrogen and oxygen atoms in total. The largest absolute Gasteiger partial charge is 0.361 e. The van der Waals surface area contributed by atoms with E-state index in [0.29, 0.717) is 6.67 Å². The first-order valence-electron chi connectivity index (χ1n) is 19.9. The molecule has 1 aromatic heterocycles. The van der Waals surface area contributed by atoms with E-state index in [9.17, 15) is 0 Å². The van der Waals surface area contributed by atoms with Crippen molar-refractivity contribution in [1.82, 2.24) is 4.57 Å². The highest BCUT2D eigenvalue weighted by atomic mass is 15.1. The Labute approximate surface area is 344 Å². The number of allylic oxidation sites excluding steroid dienone is 1. The Kier molecular flexibility index (Phi) is 9.41. The quantitative estimate of drug-likeness (QED) is 0.162. The van der Waals surface area contributed by atoms with Gasteiger partial charge in [-0.15, -0.1) is 0 Å². The minimum absolute atomic E-state index is 0.419. The number of hydrogen-bond acceptors (Lipinski definition) is 3. The molecule has 2 heterocycles. The second-order valence-corrected chi connectivity index (χ2v) is 14.7. The molecule has 0 radical (unpaired) electrons. The molecule has 0 unspecified atom stereocenters.